The molecule has 0 saturated carbocycles. The van der Waals surface area contributed by atoms with Crippen molar-refractivity contribution in [2.45, 2.75) is 40.2 Å². The zero-order valence-corrected chi connectivity index (χ0v) is 18.7. The zero-order chi connectivity index (χ0) is 23.3. The maximum Gasteiger partial charge on any atom is 0.325 e. The van der Waals surface area contributed by atoms with Gasteiger partial charge in [0.15, 0.2) is 0 Å². The van der Waals surface area contributed by atoms with Gasteiger partial charge in [0.05, 0.1) is 6.61 Å². The van der Waals surface area contributed by atoms with E-state index >= 15 is 0 Å². The second-order valence-electron chi connectivity index (χ2n) is 8.62. The van der Waals surface area contributed by atoms with Crippen molar-refractivity contribution in [3.05, 3.63) is 65.9 Å². The number of primary amides is 1. The number of rotatable bonds is 9. The molecular weight excluding hydrogens is 406 g/mol. The number of carbonyl (C=O) groups excluding carboxylic acids is 3. The number of nitrogens with two attached hydrogens (primary N) is 1. The molecule has 0 aliphatic heterocycles. The lowest BCUT2D eigenvalue weighted by atomic mass is 9.82. The molecular formula is C25H29N3O4. The molecule has 1 aromatic heterocycles. The molecule has 0 radical (unpaired) electrons. The molecule has 3 N–H and O–H groups in total. The van der Waals surface area contributed by atoms with Crippen molar-refractivity contribution in [3.63, 3.8) is 0 Å². The third-order valence-electron chi connectivity index (χ3n) is 5.16. The normalized spacial score (nSPS) is 11.3. The number of esters is 1. The Bertz CT molecular complexity index is 1130. The van der Waals surface area contributed by atoms with Crippen molar-refractivity contribution < 1.29 is 19.1 Å². The third kappa shape index (κ3) is 5.75. The molecule has 0 aliphatic carbocycles. The molecule has 2 amide bonds. The number of nitrogens with zero attached hydrogens (tertiary/aromatic N) is 1. The van der Waals surface area contributed by atoms with Crippen LogP contribution >= 0.6 is 0 Å². The van der Waals surface area contributed by atoms with Gasteiger partial charge in [0.25, 0.3) is 5.91 Å². The predicted octanol–water partition coefficient (Wildman–Crippen LogP) is 3.90. The number of nitrogens with one attached hydrogen (secondary N) is 1. The number of hydrogen-bond acceptors (Lipinski definition) is 4. The first-order valence-corrected chi connectivity index (χ1v) is 10.6. The number of anilines is 1. The minimum absolute atomic E-state index is 0.0681. The van der Waals surface area contributed by atoms with Crippen LogP contribution in [0.25, 0.3) is 10.9 Å². The lowest BCUT2D eigenvalue weighted by Crippen LogP contribution is -2.24. The monoisotopic (exact) mass is 435 g/mol. The molecule has 0 aliphatic rings. The first kappa shape index (κ1) is 23.1. The van der Waals surface area contributed by atoms with Gasteiger partial charge >= 0.3 is 5.97 Å². The summed E-state index contributed by atoms with van der Waals surface area (Å²) in [5.74, 6) is -1.06. The molecule has 3 aromatic rings. The number of amides is 2. The highest BCUT2D eigenvalue weighted by Crippen LogP contribution is 2.29. The van der Waals surface area contributed by atoms with E-state index in [0.717, 1.165) is 16.5 Å². The summed E-state index contributed by atoms with van der Waals surface area (Å²) in [6, 6.07) is 16.7. The molecule has 7 heteroatoms. The van der Waals surface area contributed by atoms with Crippen LogP contribution in [0.4, 0.5) is 5.69 Å². The number of fused-ring (bicyclic) bond motifs is 1. The van der Waals surface area contributed by atoms with Gasteiger partial charge in [-0.1, -0.05) is 38.1 Å². The molecule has 7 nitrogen and oxygen atoms in total. The maximum atomic E-state index is 13.0. The lowest BCUT2D eigenvalue weighted by Gasteiger charge is -2.23. The minimum atomic E-state index is -0.412. The molecule has 0 atom stereocenters. The van der Waals surface area contributed by atoms with Crippen molar-refractivity contribution in [1.82, 2.24) is 4.57 Å². The highest BCUT2D eigenvalue weighted by Gasteiger charge is 2.23. The van der Waals surface area contributed by atoms with Gasteiger partial charge in [0, 0.05) is 23.0 Å². The van der Waals surface area contributed by atoms with Gasteiger partial charge in [0.2, 0.25) is 5.91 Å². The van der Waals surface area contributed by atoms with Crippen LogP contribution in [0.2, 0.25) is 0 Å². The molecule has 0 spiro atoms. The Kier molecular flexibility index (Phi) is 6.98. The van der Waals surface area contributed by atoms with Gasteiger partial charge in [0.1, 0.15) is 12.2 Å². The molecule has 0 fully saturated rings. The lowest BCUT2D eigenvalue weighted by molar-refractivity contribution is -0.143. The smallest absolute Gasteiger partial charge is 0.325 e. The molecule has 3 rings (SSSR count). The van der Waals surface area contributed by atoms with E-state index in [2.05, 4.69) is 5.32 Å². The highest BCUT2D eigenvalue weighted by atomic mass is 16.5. The van der Waals surface area contributed by atoms with Gasteiger partial charge < -0.3 is 20.4 Å². The fourth-order valence-electron chi connectivity index (χ4n) is 3.93. The van der Waals surface area contributed by atoms with Crippen LogP contribution in [-0.4, -0.2) is 29.0 Å². The Labute approximate surface area is 187 Å². The first-order chi connectivity index (χ1) is 15.2. The molecule has 0 bridgehead atoms. The van der Waals surface area contributed by atoms with Crippen LogP contribution in [0.1, 0.15) is 43.2 Å². The van der Waals surface area contributed by atoms with Crippen LogP contribution < -0.4 is 11.1 Å². The minimum Gasteiger partial charge on any atom is -0.465 e. The summed E-state index contributed by atoms with van der Waals surface area (Å²) in [4.78, 5) is 36.6. The van der Waals surface area contributed by atoms with E-state index in [-0.39, 0.29) is 36.8 Å². The van der Waals surface area contributed by atoms with E-state index in [1.807, 2.05) is 50.2 Å². The zero-order valence-electron chi connectivity index (χ0n) is 18.7. The van der Waals surface area contributed by atoms with Crippen LogP contribution in [0.5, 0.6) is 0 Å². The highest BCUT2D eigenvalue weighted by molar-refractivity contribution is 6.06. The summed E-state index contributed by atoms with van der Waals surface area (Å²) in [5.41, 5.74) is 7.90. The molecule has 1 heterocycles. The Morgan fingerprint density at radius 3 is 2.44 bits per heavy atom. The SMILES string of the molecule is CCOC(=O)Cn1c(C(=O)Nc2ccccc2)cc2cc(CC(C)(C)CC(N)=O)ccc21. The molecule has 32 heavy (non-hydrogen) atoms. The van der Waals surface area contributed by atoms with Gasteiger partial charge in [-0.2, -0.15) is 0 Å². The summed E-state index contributed by atoms with van der Waals surface area (Å²) in [6.45, 7) is 5.93. The quantitative estimate of drug-likeness (QED) is 0.498. The van der Waals surface area contributed by atoms with Gasteiger partial charge in [-0.25, -0.2) is 0 Å². The standard InChI is InChI=1S/C25H29N3O4/c1-4-32-23(30)16-28-20-11-10-17(14-25(2,3)15-22(26)29)12-18(20)13-21(28)24(31)27-19-8-6-5-7-9-19/h5-13H,4,14-16H2,1-3H3,(H2,26,29)(H,27,31). The van der Waals surface area contributed by atoms with Crippen molar-refractivity contribution >= 4 is 34.4 Å². The van der Waals surface area contributed by atoms with Crippen molar-refractivity contribution in [3.8, 4) is 0 Å². The Balaban J connectivity index is 1.97. The van der Waals surface area contributed by atoms with Crippen molar-refractivity contribution in [2.75, 3.05) is 11.9 Å². The largest absolute Gasteiger partial charge is 0.465 e. The van der Waals surface area contributed by atoms with Crippen LogP contribution in [-0.2, 0) is 27.3 Å². The van der Waals surface area contributed by atoms with E-state index in [4.69, 9.17) is 10.5 Å². The summed E-state index contributed by atoms with van der Waals surface area (Å²) >= 11 is 0. The topological polar surface area (TPSA) is 103 Å². The number of hydrogen-bond donors (Lipinski definition) is 2. The van der Waals surface area contributed by atoms with Crippen LogP contribution in [0.15, 0.2) is 54.6 Å². The molecule has 2 aromatic carbocycles. The fraction of sp³-hybridized carbons (Fsp3) is 0.320. The second-order valence-corrected chi connectivity index (χ2v) is 8.62. The van der Waals surface area contributed by atoms with E-state index in [0.29, 0.717) is 17.8 Å². The second kappa shape index (κ2) is 9.68. The molecule has 0 saturated heterocycles. The van der Waals surface area contributed by atoms with Gasteiger partial charge in [-0.05, 0) is 54.7 Å². The Morgan fingerprint density at radius 1 is 1.06 bits per heavy atom. The van der Waals surface area contributed by atoms with E-state index in [1.165, 1.54) is 0 Å². The van der Waals surface area contributed by atoms with Crippen molar-refractivity contribution in [1.29, 1.82) is 0 Å². The van der Waals surface area contributed by atoms with Gasteiger partial charge in [-0.3, -0.25) is 14.4 Å². The summed E-state index contributed by atoms with van der Waals surface area (Å²) in [6.07, 6.45) is 0.931. The Hall–Kier alpha value is -3.61. The van der Waals surface area contributed by atoms with E-state index < -0.39 is 5.97 Å². The number of ether oxygens (including phenoxy) is 1. The molecule has 168 valence electrons. The number of para-hydroxylation sites is 1. The fourth-order valence-corrected chi connectivity index (χ4v) is 3.93. The molecule has 0 unspecified atom stereocenters. The average Bonchev–Trinajstić information content (AvgIpc) is 3.05. The van der Waals surface area contributed by atoms with E-state index in [1.54, 1.807) is 29.7 Å². The third-order valence-corrected chi connectivity index (χ3v) is 5.16. The van der Waals surface area contributed by atoms with Crippen LogP contribution in [0, 0.1) is 5.41 Å². The average molecular weight is 436 g/mol. The number of benzene rings is 2. The number of aromatic nitrogens is 1. The van der Waals surface area contributed by atoms with E-state index in [9.17, 15) is 14.4 Å². The summed E-state index contributed by atoms with van der Waals surface area (Å²) < 4.78 is 6.78. The maximum absolute atomic E-state index is 13.0. The van der Waals surface area contributed by atoms with Gasteiger partial charge in [-0.15, -0.1) is 0 Å². The number of carbonyl (C=O) groups is 3. The summed E-state index contributed by atoms with van der Waals surface area (Å²) in [7, 11) is 0. The summed E-state index contributed by atoms with van der Waals surface area (Å²) in [5, 5.41) is 3.71. The predicted molar refractivity (Wildman–Crippen MR) is 124 cm³/mol. The van der Waals surface area contributed by atoms with Crippen molar-refractivity contribution in [2.24, 2.45) is 11.1 Å². The first-order valence-electron chi connectivity index (χ1n) is 10.6. The Morgan fingerprint density at radius 2 is 1.78 bits per heavy atom. The van der Waals surface area contributed by atoms with Crippen LogP contribution in [0.3, 0.4) is 0 Å².